The Labute approximate surface area is 119 Å². The lowest BCUT2D eigenvalue weighted by Gasteiger charge is -2.34. The van der Waals surface area contributed by atoms with Crippen molar-refractivity contribution >= 4 is 0 Å². The van der Waals surface area contributed by atoms with Crippen LogP contribution in [0.1, 0.15) is 50.0 Å². The molecule has 0 spiro atoms. The van der Waals surface area contributed by atoms with Crippen LogP contribution in [0.4, 0.5) is 0 Å². The minimum atomic E-state index is 0.382. The molecule has 5 nitrogen and oxygen atoms in total. The summed E-state index contributed by atoms with van der Waals surface area (Å²) in [6, 6.07) is 2.43. The number of aromatic nitrogens is 3. The van der Waals surface area contributed by atoms with E-state index in [9.17, 15) is 0 Å². The summed E-state index contributed by atoms with van der Waals surface area (Å²) in [5.41, 5.74) is 1.23. The highest BCUT2D eigenvalue weighted by atomic mass is 16.3. The molecule has 1 saturated heterocycles. The standard InChI is InChI=1S/C15H22N4O/c1-2-7-19-12-16-17-15(19)14-5-3-4-8-18(14)10-13-6-9-20-11-13/h6,9,11-12,14H,2-5,7-8,10H2,1H3/t14-/m1/s1. The molecule has 0 amide bonds. The molecule has 5 heteroatoms. The summed E-state index contributed by atoms with van der Waals surface area (Å²) in [5.74, 6) is 1.12. The molecule has 0 aromatic carbocycles. The van der Waals surface area contributed by atoms with Crippen LogP contribution in [-0.2, 0) is 13.1 Å². The third-order valence-electron chi connectivity index (χ3n) is 3.99. The molecular weight excluding hydrogens is 252 g/mol. The molecule has 0 unspecified atom stereocenters. The smallest absolute Gasteiger partial charge is 0.150 e. The Hall–Kier alpha value is -1.62. The van der Waals surface area contributed by atoms with Crippen molar-refractivity contribution in [3.63, 3.8) is 0 Å². The molecule has 0 N–H and O–H groups in total. The lowest BCUT2D eigenvalue weighted by molar-refractivity contribution is 0.130. The van der Waals surface area contributed by atoms with Crippen molar-refractivity contribution in [1.82, 2.24) is 19.7 Å². The number of aryl methyl sites for hydroxylation is 1. The van der Waals surface area contributed by atoms with Gasteiger partial charge in [-0.2, -0.15) is 0 Å². The molecule has 20 heavy (non-hydrogen) atoms. The Morgan fingerprint density at radius 2 is 2.35 bits per heavy atom. The van der Waals surface area contributed by atoms with Gasteiger partial charge < -0.3 is 8.98 Å². The predicted molar refractivity (Wildman–Crippen MR) is 76.0 cm³/mol. The highest BCUT2D eigenvalue weighted by molar-refractivity contribution is 5.07. The van der Waals surface area contributed by atoms with E-state index in [2.05, 4.69) is 26.6 Å². The first-order valence-electron chi connectivity index (χ1n) is 7.51. The van der Waals surface area contributed by atoms with E-state index in [0.717, 1.165) is 31.9 Å². The van der Waals surface area contributed by atoms with Gasteiger partial charge in [-0.05, 0) is 31.9 Å². The molecular formula is C15H22N4O. The van der Waals surface area contributed by atoms with Crippen LogP contribution in [0, 0.1) is 0 Å². The summed E-state index contributed by atoms with van der Waals surface area (Å²) in [5, 5.41) is 8.50. The van der Waals surface area contributed by atoms with E-state index in [-0.39, 0.29) is 0 Å². The second-order valence-corrected chi connectivity index (χ2v) is 5.50. The van der Waals surface area contributed by atoms with Gasteiger partial charge in [0.1, 0.15) is 12.2 Å². The Morgan fingerprint density at radius 1 is 1.40 bits per heavy atom. The Kier molecular flexibility index (Phi) is 4.16. The van der Waals surface area contributed by atoms with E-state index in [1.807, 2.05) is 18.7 Å². The highest BCUT2D eigenvalue weighted by Gasteiger charge is 2.27. The van der Waals surface area contributed by atoms with Crippen molar-refractivity contribution in [3.05, 3.63) is 36.3 Å². The van der Waals surface area contributed by atoms with Crippen molar-refractivity contribution in [2.24, 2.45) is 0 Å². The molecule has 0 aliphatic carbocycles. The first kappa shape index (κ1) is 13.4. The van der Waals surface area contributed by atoms with Crippen molar-refractivity contribution < 1.29 is 4.42 Å². The van der Waals surface area contributed by atoms with Crippen LogP contribution in [0.25, 0.3) is 0 Å². The van der Waals surface area contributed by atoms with E-state index in [1.54, 1.807) is 6.26 Å². The van der Waals surface area contributed by atoms with Crippen molar-refractivity contribution in [2.45, 2.75) is 51.7 Å². The van der Waals surface area contributed by atoms with E-state index in [1.165, 1.54) is 24.8 Å². The van der Waals surface area contributed by atoms with Crippen LogP contribution in [0.2, 0.25) is 0 Å². The van der Waals surface area contributed by atoms with E-state index in [0.29, 0.717) is 6.04 Å². The van der Waals surface area contributed by atoms with Gasteiger partial charge in [0.2, 0.25) is 0 Å². The van der Waals surface area contributed by atoms with Gasteiger partial charge in [0.25, 0.3) is 0 Å². The molecule has 3 heterocycles. The molecule has 1 aliphatic rings. The van der Waals surface area contributed by atoms with Crippen molar-refractivity contribution in [3.8, 4) is 0 Å². The average Bonchev–Trinajstić information content (AvgIpc) is 3.12. The molecule has 2 aromatic heterocycles. The lowest BCUT2D eigenvalue weighted by atomic mass is 10.0. The summed E-state index contributed by atoms with van der Waals surface area (Å²) >= 11 is 0. The van der Waals surface area contributed by atoms with Crippen LogP contribution < -0.4 is 0 Å². The predicted octanol–water partition coefficient (Wildman–Crippen LogP) is 3.01. The van der Waals surface area contributed by atoms with Gasteiger partial charge in [-0.25, -0.2) is 0 Å². The molecule has 3 rings (SSSR count). The van der Waals surface area contributed by atoms with Gasteiger partial charge in [0.15, 0.2) is 0 Å². The van der Waals surface area contributed by atoms with Gasteiger partial charge in [-0.15, -0.1) is 10.2 Å². The number of likely N-dealkylation sites (tertiary alicyclic amines) is 1. The molecule has 1 fully saturated rings. The molecule has 0 radical (unpaired) electrons. The minimum absolute atomic E-state index is 0.382. The topological polar surface area (TPSA) is 47.1 Å². The average molecular weight is 274 g/mol. The summed E-state index contributed by atoms with van der Waals surface area (Å²) in [4.78, 5) is 2.50. The van der Waals surface area contributed by atoms with Crippen LogP contribution in [0.5, 0.6) is 0 Å². The van der Waals surface area contributed by atoms with Gasteiger partial charge in [0, 0.05) is 18.7 Å². The molecule has 108 valence electrons. The maximum atomic E-state index is 5.18. The fourth-order valence-corrected chi connectivity index (χ4v) is 3.02. The van der Waals surface area contributed by atoms with Crippen LogP contribution >= 0.6 is 0 Å². The quantitative estimate of drug-likeness (QED) is 0.841. The van der Waals surface area contributed by atoms with Gasteiger partial charge >= 0.3 is 0 Å². The lowest BCUT2D eigenvalue weighted by Crippen LogP contribution is -2.34. The Balaban J connectivity index is 1.79. The zero-order valence-electron chi connectivity index (χ0n) is 12.0. The monoisotopic (exact) mass is 274 g/mol. The Bertz CT molecular complexity index is 520. The maximum absolute atomic E-state index is 5.18. The first-order valence-corrected chi connectivity index (χ1v) is 7.51. The molecule has 2 aromatic rings. The third-order valence-corrected chi connectivity index (χ3v) is 3.99. The molecule has 0 bridgehead atoms. The minimum Gasteiger partial charge on any atom is -0.472 e. The summed E-state index contributed by atoms with van der Waals surface area (Å²) in [7, 11) is 0. The number of hydrogen-bond donors (Lipinski definition) is 0. The van der Waals surface area contributed by atoms with E-state index >= 15 is 0 Å². The van der Waals surface area contributed by atoms with Gasteiger partial charge in [-0.1, -0.05) is 13.3 Å². The van der Waals surface area contributed by atoms with E-state index < -0.39 is 0 Å². The Morgan fingerprint density at radius 3 is 3.15 bits per heavy atom. The third kappa shape index (κ3) is 2.77. The van der Waals surface area contributed by atoms with Crippen molar-refractivity contribution in [1.29, 1.82) is 0 Å². The number of furan rings is 1. The molecule has 0 saturated carbocycles. The van der Waals surface area contributed by atoms with Crippen LogP contribution in [0.15, 0.2) is 29.3 Å². The number of hydrogen-bond acceptors (Lipinski definition) is 4. The van der Waals surface area contributed by atoms with E-state index in [4.69, 9.17) is 4.42 Å². The number of nitrogens with zero attached hydrogens (tertiary/aromatic N) is 4. The summed E-state index contributed by atoms with van der Waals surface area (Å²) < 4.78 is 7.39. The second kappa shape index (κ2) is 6.22. The second-order valence-electron chi connectivity index (χ2n) is 5.50. The SMILES string of the molecule is CCCn1cnnc1[C@H]1CCCCN1Cc1ccoc1. The van der Waals surface area contributed by atoms with Gasteiger partial charge in [-0.3, -0.25) is 4.90 Å². The van der Waals surface area contributed by atoms with Gasteiger partial charge in [0.05, 0.1) is 18.6 Å². The molecule has 1 aliphatic heterocycles. The maximum Gasteiger partial charge on any atom is 0.150 e. The van der Waals surface area contributed by atoms with Crippen LogP contribution in [0.3, 0.4) is 0 Å². The van der Waals surface area contributed by atoms with Crippen LogP contribution in [-0.4, -0.2) is 26.2 Å². The summed E-state index contributed by atoms with van der Waals surface area (Å²) in [6.07, 6.45) is 10.3. The normalized spacial score (nSPS) is 20.4. The van der Waals surface area contributed by atoms with Crippen molar-refractivity contribution in [2.75, 3.05) is 6.54 Å². The largest absolute Gasteiger partial charge is 0.472 e. The highest BCUT2D eigenvalue weighted by Crippen LogP contribution is 2.31. The fourth-order valence-electron chi connectivity index (χ4n) is 3.02. The zero-order chi connectivity index (χ0) is 13.8. The number of piperidine rings is 1. The number of rotatable bonds is 5. The fraction of sp³-hybridized carbons (Fsp3) is 0.600. The zero-order valence-corrected chi connectivity index (χ0v) is 12.0. The first-order chi connectivity index (χ1) is 9.88. The summed E-state index contributed by atoms with van der Waals surface area (Å²) in [6.45, 7) is 5.24. The molecule has 1 atom stereocenters.